The molecule has 0 aromatic carbocycles. The summed E-state index contributed by atoms with van der Waals surface area (Å²) in [6, 6.07) is 0. The van der Waals surface area contributed by atoms with E-state index in [1.54, 1.807) is 20.8 Å². The van der Waals surface area contributed by atoms with Gasteiger partial charge < -0.3 is 20.5 Å². The number of nitrogen functional groups attached to an aromatic ring is 1. The Hall–Kier alpha value is -2.82. The van der Waals surface area contributed by atoms with Gasteiger partial charge in [0.25, 0.3) is 0 Å². The molecular weight excluding hydrogens is 300 g/mol. The second-order valence-corrected chi connectivity index (χ2v) is 5.46. The zero-order valence-electron chi connectivity index (χ0n) is 13.6. The van der Waals surface area contributed by atoms with Crippen LogP contribution in [0.4, 0.5) is 10.6 Å². The van der Waals surface area contributed by atoms with Crippen LogP contribution in [0.15, 0.2) is 6.20 Å². The number of alkyl carbamates (subject to hydrolysis) is 1. The van der Waals surface area contributed by atoms with Gasteiger partial charge in [0.05, 0.1) is 13.3 Å². The van der Waals surface area contributed by atoms with E-state index in [0.717, 1.165) is 0 Å². The van der Waals surface area contributed by atoms with Crippen molar-refractivity contribution in [3.8, 4) is 11.8 Å². The zero-order chi connectivity index (χ0) is 17.5. The maximum Gasteiger partial charge on any atom is 0.407 e. The summed E-state index contributed by atoms with van der Waals surface area (Å²) in [5, 5.41) is 2.58. The van der Waals surface area contributed by atoms with Gasteiger partial charge in [-0.1, -0.05) is 5.92 Å². The van der Waals surface area contributed by atoms with Gasteiger partial charge >= 0.3 is 12.1 Å². The van der Waals surface area contributed by atoms with E-state index in [0.29, 0.717) is 13.0 Å². The number of anilines is 1. The van der Waals surface area contributed by atoms with Gasteiger partial charge in [-0.3, -0.25) is 0 Å². The molecule has 0 aliphatic carbocycles. The quantitative estimate of drug-likeness (QED) is 0.487. The number of rotatable bonds is 3. The van der Waals surface area contributed by atoms with Crippen LogP contribution in [0.1, 0.15) is 43.4 Å². The van der Waals surface area contributed by atoms with Crippen LogP contribution >= 0.6 is 0 Å². The molecule has 0 saturated carbocycles. The average molecular weight is 320 g/mol. The number of hydrogen-bond donors (Lipinski definition) is 2. The summed E-state index contributed by atoms with van der Waals surface area (Å²) in [5.41, 5.74) is 5.21. The summed E-state index contributed by atoms with van der Waals surface area (Å²) in [6.45, 7) is 5.68. The number of nitrogens with zero attached hydrogens (tertiary/aromatic N) is 2. The number of nitrogens with one attached hydrogen (secondary N) is 1. The Bertz CT molecular complexity index is 641. The number of ether oxygens (including phenoxy) is 2. The third kappa shape index (κ3) is 6.65. The maximum atomic E-state index is 11.4. The normalized spacial score (nSPS) is 10.3. The number of hydrogen-bond acceptors (Lipinski definition) is 7. The smallest absolute Gasteiger partial charge is 0.407 e. The van der Waals surface area contributed by atoms with Crippen LogP contribution in [0.25, 0.3) is 0 Å². The van der Waals surface area contributed by atoms with Crippen LogP contribution in [-0.4, -0.2) is 41.3 Å². The van der Waals surface area contributed by atoms with Crippen molar-refractivity contribution in [2.75, 3.05) is 19.4 Å². The summed E-state index contributed by atoms with van der Waals surface area (Å²) >= 11 is 0. The largest absolute Gasteiger partial charge is 0.464 e. The van der Waals surface area contributed by atoms with Crippen LogP contribution in [0.5, 0.6) is 0 Å². The summed E-state index contributed by atoms with van der Waals surface area (Å²) in [6.07, 6.45) is 1.24. The fourth-order valence-electron chi connectivity index (χ4n) is 1.40. The molecular formula is C15H20N4O4. The Morgan fingerprint density at radius 3 is 2.70 bits per heavy atom. The molecule has 3 N–H and O–H groups in total. The molecule has 8 heteroatoms. The van der Waals surface area contributed by atoms with E-state index in [1.807, 2.05) is 0 Å². The van der Waals surface area contributed by atoms with Crippen LogP contribution in [0.3, 0.4) is 0 Å². The molecule has 23 heavy (non-hydrogen) atoms. The fourth-order valence-corrected chi connectivity index (χ4v) is 1.40. The monoisotopic (exact) mass is 320 g/mol. The molecule has 1 heterocycles. The lowest BCUT2D eigenvalue weighted by Gasteiger charge is -2.19. The lowest BCUT2D eigenvalue weighted by molar-refractivity contribution is 0.0527. The molecule has 0 fully saturated rings. The minimum atomic E-state index is -0.676. The number of carbonyl (C=O) groups is 2. The van der Waals surface area contributed by atoms with Gasteiger partial charge in [-0.05, 0) is 26.7 Å². The molecule has 0 aliphatic heterocycles. The average Bonchev–Trinajstić information content (AvgIpc) is 2.45. The van der Waals surface area contributed by atoms with E-state index in [2.05, 4.69) is 31.9 Å². The molecule has 0 aliphatic rings. The number of methoxy groups -OCH3 is 1. The van der Waals surface area contributed by atoms with E-state index in [-0.39, 0.29) is 17.2 Å². The summed E-state index contributed by atoms with van der Waals surface area (Å²) in [5.74, 6) is 4.85. The first kappa shape index (κ1) is 18.2. The fraction of sp³-hybridized carbons (Fsp3) is 0.467. The maximum absolute atomic E-state index is 11.4. The highest BCUT2D eigenvalue weighted by molar-refractivity contribution is 5.91. The molecule has 1 rings (SSSR count). The van der Waals surface area contributed by atoms with E-state index >= 15 is 0 Å². The molecule has 0 bridgehead atoms. The lowest BCUT2D eigenvalue weighted by atomic mass is 10.2. The van der Waals surface area contributed by atoms with Crippen molar-refractivity contribution in [1.29, 1.82) is 0 Å². The first-order valence-electron chi connectivity index (χ1n) is 6.89. The second-order valence-electron chi connectivity index (χ2n) is 5.46. The molecule has 0 saturated heterocycles. The first-order chi connectivity index (χ1) is 10.7. The van der Waals surface area contributed by atoms with Crippen molar-refractivity contribution in [3.05, 3.63) is 17.6 Å². The van der Waals surface area contributed by atoms with Crippen LogP contribution in [-0.2, 0) is 9.47 Å². The highest BCUT2D eigenvalue weighted by Gasteiger charge is 2.15. The molecule has 0 atom stereocenters. The zero-order valence-corrected chi connectivity index (χ0v) is 13.6. The number of amides is 1. The van der Waals surface area contributed by atoms with E-state index < -0.39 is 17.7 Å². The summed E-state index contributed by atoms with van der Waals surface area (Å²) < 4.78 is 9.63. The summed E-state index contributed by atoms with van der Waals surface area (Å²) in [7, 11) is 1.23. The highest BCUT2D eigenvalue weighted by Crippen LogP contribution is 2.07. The van der Waals surface area contributed by atoms with Gasteiger partial charge in [-0.25, -0.2) is 19.6 Å². The minimum absolute atomic E-state index is 0.0195. The van der Waals surface area contributed by atoms with Gasteiger partial charge in [-0.15, -0.1) is 0 Å². The van der Waals surface area contributed by atoms with Crippen molar-refractivity contribution in [2.45, 2.75) is 32.8 Å². The second kappa shape index (κ2) is 7.98. The van der Waals surface area contributed by atoms with Crippen molar-refractivity contribution in [2.24, 2.45) is 0 Å². The molecule has 0 unspecified atom stereocenters. The van der Waals surface area contributed by atoms with Crippen LogP contribution in [0, 0.1) is 11.8 Å². The van der Waals surface area contributed by atoms with Crippen molar-refractivity contribution < 1.29 is 19.1 Å². The van der Waals surface area contributed by atoms with Crippen molar-refractivity contribution in [1.82, 2.24) is 15.3 Å². The Morgan fingerprint density at radius 1 is 1.39 bits per heavy atom. The van der Waals surface area contributed by atoms with E-state index in [9.17, 15) is 9.59 Å². The van der Waals surface area contributed by atoms with E-state index in [1.165, 1.54) is 13.3 Å². The van der Waals surface area contributed by atoms with Gasteiger partial charge in [0.2, 0.25) is 0 Å². The van der Waals surface area contributed by atoms with Crippen LogP contribution < -0.4 is 11.1 Å². The minimum Gasteiger partial charge on any atom is -0.464 e. The predicted molar refractivity (Wildman–Crippen MR) is 83.5 cm³/mol. The number of aromatic nitrogens is 2. The van der Waals surface area contributed by atoms with Gasteiger partial charge in [0, 0.05) is 13.0 Å². The molecule has 0 spiro atoms. The topological polar surface area (TPSA) is 116 Å². The van der Waals surface area contributed by atoms with E-state index in [4.69, 9.17) is 10.5 Å². The molecule has 1 amide bonds. The molecule has 0 radical (unpaired) electrons. The molecule has 8 nitrogen and oxygen atoms in total. The SMILES string of the molecule is COC(=O)c1nc(C#CCCNC(=O)OC(C)(C)C)cnc1N. The van der Waals surface area contributed by atoms with Crippen molar-refractivity contribution >= 4 is 17.9 Å². The Labute approximate surface area is 134 Å². The molecule has 1 aromatic rings. The van der Waals surface area contributed by atoms with Gasteiger partial charge in [0.1, 0.15) is 11.3 Å². The number of nitrogens with two attached hydrogens (primary N) is 1. The predicted octanol–water partition coefficient (Wildman–Crippen LogP) is 1.11. The number of carbonyl (C=O) groups excluding carboxylic acids is 2. The standard InChI is InChI=1S/C15H20N4O4/c1-15(2,3)23-14(21)17-8-6-5-7-10-9-18-12(16)11(19-10)13(20)22-4/h9H,6,8H2,1-4H3,(H2,16,18)(H,17,21). The molecule has 1 aromatic heterocycles. The third-order valence-electron chi connectivity index (χ3n) is 2.31. The lowest BCUT2D eigenvalue weighted by Crippen LogP contribution is -2.32. The molecule has 124 valence electrons. The van der Waals surface area contributed by atoms with Gasteiger partial charge in [-0.2, -0.15) is 0 Å². The number of esters is 1. The highest BCUT2D eigenvalue weighted by atomic mass is 16.6. The van der Waals surface area contributed by atoms with Crippen molar-refractivity contribution in [3.63, 3.8) is 0 Å². The Morgan fingerprint density at radius 2 is 2.09 bits per heavy atom. The van der Waals surface area contributed by atoms with Crippen LogP contribution in [0.2, 0.25) is 0 Å². The van der Waals surface area contributed by atoms with Gasteiger partial charge in [0.15, 0.2) is 11.5 Å². The Balaban J connectivity index is 2.54. The third-order valence-corrected chi connectivity index (χ3v) is 2.31. The summed E-state index contributed by atoms with van der Waals surface area (Å²) in [4.78, 5) is 30.7. The Kier molecular flexibility index (Phi) is 6.33. The first-order valence-corrected chi connectivity index (χ1v) is 6.89.